The number of hydrogen-bond donors (Lipinski definition) is 0. The lowest BCUT2D eigenvalue weighted by atomic mass is 9.88. The van der Waals surface area contributed by atoms with E-state index in [1.165, 1.54) is 34.8 Å². The molecule has 3 aromatic carbocycles. The normalized spacial score (nSPS) is 19.6. The van der Waals surface area contributed by atoms with Gasteiger partial charge in [-0.3, -0.25) is 0 Å². The van der Waals surface area contributed by atoms with Crippen LogP contribution in [0.1, 0.15) is 68.7 Å². The molecule has 2 atom stereocenters. The predicted molar refractivity (Wildman–Crippen MR) is 155 cm³/mol. The third-order valence-electron chi connectivity index (χ3n) is 7.65. The standard InChI is InChI=1S/C35H36F2O2/c1-3-5-24-6-20-32(39-23-24)30-17-13-28(14-18-30)26-9-7-25(8-10-26)27-11-15-29(16-12-27)31-19-21-33(38-22-4-2)35(37)34(31)36/h3,5,7,9,11-19,21,24,32H,4,6,8,10,20,22-23H2,1-2H3/b5-3+. The molecule has 2 unspecified atom stereocenters. The first-order chi connectivity index (χ1) is 19.1. The molecule has 1 aliphatic heterocycles. The Morgan fingerprint density at radius 2 is 1.46 bits per heavy atom. The van der Waals surface area contributed by atoms with E-state index >= 15 is 0 Å². The predicted octanol–water partition coefficient (Wildman–Crippen LogP) is 9.73. The molecule has 39 heavy (non-hydrogen) atoms. The van der Waals surface area contributed by atoms with Gasteiger partial charge in [0.15, 0.2) is 11.6 Å². The maximum atomic E-state index is 14.7. The van der Waals surface area contributed by atoms with Crippen molar-refractivity contribution in [2.75, 3.05) is 13.2 Å². The summed E-state index contributed by atoms with van der Waals surface area (Å²) in [5.74, 6) is -1.31. The zero-order chi connectivity index (χ0) is 27.2. The third kappa shape index (κ3) is 6.23. The number of benzene rings is 3. The minimum atomic E-state index is -0.935. The summed E-state index contributed by atoms with van der Waals surface area (Å²) in [5, 5.41) is 0. The molecule has 1 heterocycles. The van der Waals surface area contributed by atoms with Gasteiger partial charge in [0.1, 0.15) is 0 Å². The van der Waals surface area contributed by atoms with E-state index in [0.29, 0.717) is 18.1 Å². The van der Waals surface area contributed by atoms with E-state index in [1.807, 2.05) is 31.2 Å². The second-order valence-corrected chi connectivity index (χ2v) is 10.4. The maximum absolute atomic E-state index is 14.7. The SMILES string of the molecule is C/C=C/C1CCC(c2ccc(C3=CC=C(c4ccc(-c5ccc(OCCC)c(F)c5F)cc4)CC3)cc2)OC1. The highest BCUT2D eigenvalue weighted by Gasteiger charge is 2.22. The largest absolute Gasteiger partial charge is 0.490 e. The van der Waals surface area contributed by atoms with Crippen molar-refractivity contribution in [3.05, 3.63) is 113 Å². The van der Waals surface area contributed by atoms with Crippen LogP contribution < -0.4 is 4.74 Å². The fraction of sp³-hybridized carbons (Fsp3) is 0.314. The highest BCUT2D eigenvalue weighted by Crippen LogP contribution is 2.36. The van der Waals surface area contributed by atoms with Crippen LogP contribution in [0.2, 0.25) is 0 Å². The molecule has 2 nitrogen and oxygen atoms in total. The smallest absolute Gasteiger partial charge is 0.201 e. The second-order valence-electron chi connectivity index (χ2n) is 10.4. The van der Waals surface area contributed by atoms with Gasteiger partial charge in [0.2, 0.25) is 5.82 Å². The molecule has 2 aliphatic rings. The molecule has 0 aromatic heterocycles. The number of ether oxygens (including phenoxy) is 2. The Bertz CT molecular complexity index is 1360. The Morgan fingerprint density at radius 3 is 2.03 bits per heavy atom. The quantitative estimate of drug-likeness (QED) is 0.272. The summed E-state index contributed by atoms with van der Waals surface area (Å²) in [6.45, 7) is 5.14. The molecular formula is C35H36F2O2. The van der Waals surface area contributed by atoms with Gasteiger partial charge in [-0.15, -0.1) is 0 Å². The molecule has 1 saturated heterocycles. The van der Waals surface area contributed by atoms with E-state index < -0.39 is 11.6 Å². The number of rotatable bonds is 8. The highest BCUT2D eigenvalue weighted by molar-refractivity contribution is 5.79. The van der Waals surface area contributed by atoms with Gasteiger partial charge in [-0.05, 0) is 84.6 Å². The first-order valence-corrected chi connectivity index (χ1v) is 14.0. The summed E-state index contributed by atoms with van der Waals surface area (Å²) in [7, 11) is 0. The minimum Gasteiger partial charge on any atom is -0.490 e. The van der Waals surface area contributed by atoms with Gasteiger partial charge in [0.25, 0.3) is 0 Å². The number of allylic oxidation sites excluding steroid dienone is 5. The van der Waals surface area contributed by atoms with Crippen LogP contribution in [0.25, 0.3) is 22.3 Å². The van der Waals surface area contributed by atoms with Gasteiger partial charge in [0.05, 0.1) is 19.3 Å². The van der Waals surface area contributed by atoms with Crippen LogP contribution in [0.3, 0.4) is 0 Å². The van der Waals surface area contributed by atoms with Gasteiger partial charge in [-0.25, -0.2) is 4.39 Å². The summed E-state index contributed by atoms with van der Waals surface area (Å²) in [6, 6.07) is 19.6. The van der Waals surface area contributed by atoms with Crippen LogP contribution in [-0.2, 0) is 4.74 Å². The highest BCUT2D eigenvalue weighted by atomic mass is 19.2. The van der Waals surface area contributed by atoms with Crippen LogP contribution in [0, 0.1) is 17.6 Å². The topological polar surface area (TPSA) is 18.5 Å². The van der Waals surface area contributed by atoms with E-state index in [-0.39, 0.29) is 17.4 Å². The molecule has 0 amide bonds. The van der Waals surface area contributed by atoms with Gasteiger partial charge >= 0.3 is 0 Å². The van der Waals surface area contributed by atoms with Crippen molar-refractivity contribution in [3.8, 4) is 16.9 Å². The molecule has 0 radical (unpaired) electrons. The van der Waals surface area contributed by atoms with Crippen molar-refractivity contribution in [3.63, 3.8) is 0 Å². The molecule has 3 aromatic rings. The van der Waals surface area contributed by atoms with Crippen LogP contribution in [0.4, 0.5) is 8.78 Å². The zero-order valence-electron chi connectivity index (χ0n) is 22.8. The van der Waals surface area contributed by atoms with Crippen molar-refractivity contribution in [1.82, 2.24) is 0 Å². The van der Waals surface area contributed by atoms with Crippen molar-refractivity contribution >= 4 is 11.1 Å². The molecule has 0 N–H and O–H groups in total. The van der Waals surface area contributed by atoms with Crippen LogP contribution >= 0.6 is 0 Å². The summed E-state index contributed by atoms with van der Waals surface area (Å²) in [6.07, 6.45) is 13.8. The second kappa shape index (κ2) is 12.6. The molecule has 0 saturated carbocycles. The summed E-state index contributed by atoms with van der Waals surface area (Å²) in [5.41, 5.74) is 7.04. The molecule has 202 valence electrons. The maximum Gasteiger partial charge on any atom is 0.201 e. The van der Waals surface area contributed by atoms with Crippen molar-refractivity contribution in [1.29, 1.82) is 0 Å². The fourth-order valence-corrected chi connectivity index (χ4v) is 5.43. The number of halogens is 2. The van der Waals surface area contributed by atoms with E-state index in [0.717, 1.165) is 37.9 Å². The Kier molecular flexibility index (Phi) is 8.73. The number of hydrogen-bond acceptors (Lipinski definition) is 2. The van der Waals surface area contributed by atoms with Crippen molar-refractivity contribution < 1.29 is 18.3 Å². The van der Waals surface area contributed by atoms with Gasteiger partial charge in [-0.1, -0.05) is 79.8 Å². The van der Waals surface area contributed by atoms with E-state index in [1.54, 1.807) is 6.07 Å². The van der Waals surface area contributed by atoms with Crippen LogP contribution in [0.5, 0.6) is 5.75 Å². The molecular weight excluding hydrogens is 490 g/mol. The third-order valence-corrected chi connectivity index (χ3v) is 7.65. The van der Waals surface area contributed by atoms with Gasteiger partial charge < -0.3 is 9.47 Å². The molecule has 0 bridgehead atoms. The molecule has 4 heteroatoms. The molecule has 1 fully saturated rings. The summed E-state index contributed by atoms with van der Waals surface area (Å²) >= 11 is 0. The molecule has 1 aliphatic carbocycles. The lowest BCUT2D eigenvalue weighted by Gasteiger charge is -2.28. The average molecular weight is 527 g/mol. The average Bonchev–Trinajstić information content (AvgIpc) is 2.99. The first-order valence-electron chi connectivity index (χ1n) is 14.0. The molecule has 0 spiro atoms. The van der Waals surface area contributed by atoms with Crippen LogP contribution in [0.15, 0.2) is 85.0 Å². The fourth-order valence-electron chi connectivity index (χ4n) is 5.43. The summed E-state index contributed by atoms with van der Waals surface area (Å²) < 4.78 is 40.6. The summed E-state index contributed by atoms with van der Waals surface area (Å²) in [4.78, 5) is 0. The van der Waals surface area contributed by atoms with Gasteiger partial charge in [-0.2, -0.15) is 4.39 Å². The van der Waals surface area contributed by atoms with E-state index in [4.69, 9.17) is 9.47 Å². The Labute approximate surface area is 230 Å². The van der Waals surface area contributed by atoms with E-state index in [9.17, 15) is 8.78 Å². The lowest BCUT2D eigenvalue weighted by molar-refractivity contribution is -0.00525. The zero-order valence-corrected chi connectivity index (χ0v) is 22.8. The van der Waals surface area contributed by atoms with Crippen molar-refractivity contribution in [2.45, 2.75) is 52.1 Å². The Hall–Kier alpha value is -3.50. The van der Waals surface area contributed by atoms with Gasteiger partial charge in [0, 0.05) is 11.5 Å². The Morgan fingerprint density at radius 1 is 0.821 bits per heavy atom. The molecule has 5 rings (SSSR count). The monoisotopic (exact) mass is 526 g/mol. The minimum absolute atomic E-state index is 0.0418. The van der Waals surface area contributed by atoms with Crippen molar-refractivity contribution in [2.24, 2.45) is 5.92 Å². The lowest BCUT2D eigenvalue weighted by Crippen LogP contribution is -2.19. The first kappa shape index (κ1) is 27.1. The Balaban J connectivity index is 1.24. The van der Waals surface area contributed by atoms with E-state index in [2.05, 4.69) is 55.5 Å². The van der Waals surface area contributed by atoms with Crippen LogP contribution in [-0.4, -0.2) is 13.2 Å².